The third-order valence-electron chi connectivity index (χ3n) is 4.22. The lowest BCUT2D eigenvalue weighted by molar-refractivity contribution is 0.550. The first-order valence-electron chi connectivity index (χ1n) is 7.98. The fourth-order valence-electron chi connectivity index (χ4n) is 2.47. The number of benzene rings is 1. The molecule has 0 aliphatic heterocycles. The van der Waals surface area contributed by atoms with Gasteiger partial charge >= 0.3 is 0 Å². The van der Waals surface area contributed by atoms with Crippen LogP contribution in [0, 0.1) is 0 Å². The molecule has 0 bridgehead atoms. The van der Waals surface area contributed by atoms with Gasteiger partial charge in [-0.2, -0.15) is 5.10 Å². The molecule has 0 fully saturated rings. The standard InChI is InChI=1S/C17H25N3O2S/c1-5-13(3)14-7-9-15(10-8-14)17(6-2)19-23(21,22)16-11-18-20(4)12-16/h7-13,17,19H,5-6H2,1-4H3/t13-,17+/m0/s1. The molecule has 1 heterocycles. The first kappa shape index (κ1) is 17.7. The summed E-state index contributed by atoms with van der Waals surface area (Å²) in [6, 6.07) is 7.96. The number of nitrogens with zero attached hydrogens (tertiary/aromatic N) is 2. The van der Waals surface area contributed by atoms with E-state index in [0.717, 1.165) is 12.0 Å². The number of aryl methyl sites for hydroxylation is 1. The molecule has 2 aromatic rings. The SMILES string of the molecule is CC[C@H](C)c1ccc([C@@H](CC)NS(=O)(=O)c2cnn(C)c2)cc1. The van der Waals surface area contributed by atoms with E-state index < -0.39 is 10.0 Å². The molecule has 126 valence electrons. The zero-order chi connectivity index (χ0) is 17.0. The Bertz CT molecular complexity index is 735. The zero-order valence-electron chi connectivity index (χ0n) is 14.2. The van der Waals surface area contributed by atoms with Crippen LogP contribution in [0.2, 0.25) is 0 Å². The van der Waals surface area contributed by atoms with Gasteiger partial charge in [0.15, 0.2) is 0 Å². The van der Waals surface area contributed by atoms with Crippen molar-refractivity contribution in [3.8, 4) is 0 Å². The van der Waals surface area contributed by atoms with Crippen molar-refractivity contribution in [1.82, 2.24) is 14.5 Å². The van der Waals surface area contributed by atoms with Crippen LogP contribution in [0.4, 0.5) is 0 Å². The summed E-state index contributed by atoms with van der Waals surface area (Å²) in [7, 11) is -1.87. The van der Waals surface area contributed by atoms with Crippen molar-refractivity contribution in [3.05, 3.63) is 47.8 Å². The second-order valence-corrected chi connectivity index (χ2v) is 7.62. The molecule has 0 aliphatic carbocycles. The quantitative estimate of drug-likeness (QED) is 0.844. The Morgan fingerprint density at radius 3 is 2.22 bits per heavy atom. The molecule has 0 amide bonds. The van der Waals surface area contributed by atoms with Crippen LogP contribution in [0.5, 0.6) is 0 Å². The molecule has 0 radical (unpaired) electrons. The monoisotopic (exact) mass is 335 g/mol. The number of sulfonamides is 1. The lowest BCUT2D eigenvalue weighted by Crippen LogP contribution is -2.28. The smallest absolute Gasteiger partial charge is 0.244 e. The van der Waals surface area contributed by atoms with Crippen LogP contribution in [0.1, 0.15) is 56.7 Å². The normalized spacial score (nSPS) is 14.6. The minimum atomic E-state index is -3.56. The van der Waals surface area contributed by atoms with E-state index in [4.69, 9.17) is 0 Å². The molecule has 2 rings (SSSR count). The molecule has 1 N–H and O–H groups in total. The third-order valence-corrected chi connectivity index (χ3v) is 5.64. The Balaban J connectivity index is 2.19. The van der Waals surface area contributed by atoms with E-state index in [0.29, 0.717) is 12.3 Å². The van der Waals surface area contributed by atoms with Gasteiger partial charge in [0.05, 0.1) is 6.20 Å². The Morgan fingerprint density at radius 1 is 1.13 bits per heavy atom. The lowest BCUT2D eigenvalue weighted by atomic mass is 9.96. The second kappa shape index (κ2) is 7.27. The summed E-state index contributed by atoms with van der Waals surface area (Å²) in [4.78, 5) is 0.190. The number of hydrogen-bond acceptors (Lipinski definition) is 3. The van der Waals surface area contributed by atoms with Crippen molar-refractivity contribution in [2.45, 2.75) is 50.5 Å². The first-order valence-corrected chi connectivity index (χ1v) is 9.46. The van der Waals surface area contributed by atoms with Gasteiger partial charge in [0.1, 0.15) is 4.90 Å². The highest BCUT2D eigenvalue weighted by atomic mass is 32.2. The predicted molar refractivity (Wildman–Crippen MR) is 91.7 cm³/mol. The summed E-state index contributed by atoms with van der Waals surface area (Å²) in [5.41, 5.74) is 2.26. The molecule has 1 aromatic carbocycles. The van der Waals surface area contributed by atoms with Crippen LogP contribution in [0.3, 0.4) is 0 Å². The van der Waals surface area contributed by atoms with Gasteiger partial charge in [0.2, 0.25) is 10.0 Å². The van der Waals surface area contributed by atoms with E-state index in [2.05, 4.69) is 35.8 Å². The molecular weight excluding hydrogens is 310 g/mol. The van der Waals surface area contributed by atoms with Crippen molar-refractivity contribution in [1.29, 1.82) is 0 Å². The predicted octanol–water partition coefficient (Wildman–Crippen LogP) is 3.36. The van der Waals surface area contributed by atoms with Gasteiger partial charge in [0, 0.05) is 19.3 Å². The third kappa shape index (κ3) is 4.20. The summed E-state index contributed by atoms with van der Waals surface area (Å²) >= 11 is 0. The van der Waals surface area contributed by atoms with Gasteiger partial charge in [-0.1, -0.05) is 45.0 Å². The van der Waals surface area contributed by atoms with Crippen molar-refractivity contribution in [2.24, 2.45) is 7.05 Å². The van der Waals surface area contributed by atoms with Crippen molar-refractivity contribution >= 4 is 10.0 Å². The molecule has 5 nitrogen and oxygen atoms in total. The Labute approximate surface area is 138 Å². The molecule has 2 atom stereocenters. The molecular formula is C17H25N3O2S. The first-order chi connectivity index (χ1) is 10.9. The van der Waals surface area contributed by atoms with Gasteiger partial charge in [-0.05, 0) is 29.9 Å². The van der Waals surface area contributed by atoms with Crippen molar-refractivity contribution in [2.75, 3.05) is 0 Å². The van der Waals surface area contributed by atoms with Gasteiger partial charge < -0.3 is 0 Å². The molecule has 6 heteroatoms. The summed E-state index contributed by atoms with van der Waals surface area (Å²) in [6.45, 7) is 6.33. The summed E-state index contributed by atoms with van der Waals surface area (Å²) in [5, 5.41) is 3.93. The van der Waals surface area contributed by atoms with Crippen LogP contribution in [-0.4, -0.2) is 18.2 Å². The molecule has 1 aromatic heterocycles. The maximum Gasteiger partial charge on any atom is 0.244 e. The molecule has 0 saturated heterocycles. The lowest BCUT2D eigenvalue weighted by Gasteiger charge is -2.18. The Morgan fingerprint density at radius 2 is 1.74 bits per heavy atom. The van der Waals surface area contributed by atoms with Gasteiger partial charge in [0.25, 0.3) is 0 Å². The van der Waals surface area contributed by atoms with E-state index in [1.807, 2.05) is 19.1 Å². The van der Waals surface area contributed by atoms with Gasteiger partial charge in [-0.15, -0.1) is 0 Å². The molecule has 0 spiro atoms. The summed E-state index contributed by atoms with van der Waals surface area (Å²) < 4.78 is 29.1. The largest absolute Gasteiger partial charge is 0.274 e. The maximum atomic E-state index is 12.4. The number of nitrogens with one attached hydrogen (secondary N) is 1. The highest BCUT2D eigenvalue weighted by Gasteiger charge is 2.21. The average Bonchev–Trinajstić information content (AvgIpc) is 2.99. The van der Waals surface area contributed by atoms with Crippen molar-refractivity contribution < 1.29 is 8.42 Å². The van der Waals surface area contributed by atoms with E-state index in [1.54, 1.807) is 7.05 Å². The van der Waals surface area contributed by atoms with Crippen LogP contribution < -0.4 is 4.72 Å². The van der Waals surface area contributed by atoms with E-state index in [9.17, 15) is 8.42 Å². The van der Waals surface area contributed by atoms with Gasteiger partial charge in [-0.3, -0.25) is 4.68 Å². The summed E-state index contributed by atoms with van der Waals surface area (Å²) in [6.07, 6.45) is 4.63. The number of rotatable bonds is 7. The van der Waals surface area contributed by atoms with Crippen LogP contribution in [0.15, 0.2) is 41.6 Å². The minimum Gasteiger partial charge on any atom is -0.274 e. The Kier molecular flexibility index (Phi) is 5.59. The molecule has 23 heavy (non-hydrogen) atoms. The highest BCUT2D eigenvalue weighted by Crippen LogP contribution is 2.24. The van der Waals surface area contributed by atoms with Crippen LogP contribution in [0.25, 0.3) is 0 Å². The average molecular weight is 335 g/mol. The Hall–Kier alpha value is -1.66. The van der Waals surface area contributed by atoms with E-state index in [-0.39, 0.29) is 10.9 Å². The molecule has 0 unspecified atom stereocenters. The topological polar surface area (TPSA) is 64.0 Å². The van der Waals surface area contributed by atoms with Crippen LogP contribution in [-0.2, 0) is 17.1 Å². The number of aromatic nitrogens is 2. The summed E-state index contributed by atoms with van der Waals surface area (Å²) in [5.74, 6) is 0.510. The fourth-order valence-corrected chi connectivity index (χ4v) is 3.76. The van der Waals surface area contributed by atoms with Crippen molar-refractivity contribution in [3.63, 3.8) is 0 Å². The molecule has 0 saturated carbocycles. The van der Waals surface area contributed by atoms with E-state index in [1.165, 1.54) is 22.6 Å². The second-order valence-electron chi connectivity index (χ2n) is 5.91. The zero-order valence-corrected chi connectivity index (χ0v) is 15.0. The van der Waals surface area contributed by atoms with Gasteiger partial charge in [-0.25, -0.2) is 13.1 Å². The van der Waals surface area contributed by atoms with E-state index >= 15 is 0 Å². The maximum absolute atomic E-state index is 12.4. The minimum absolute atomic E-state index is 0.190. The fraction of sp³-hybridized carbons (Fsp3) is 0.471. The number of hydrogen-bond donors (Lipinski definition) is 1. The van der Waals surface area contributed by atoms with Crippen LogP contribution >= 0.6 is 0 Å². The highest BCUT2D eigenvalue weighted by molar-refractivity contribution is 7.89. The molecule has 0 aliphatic rings.